The maximum Gasteiger partial charge on any atom is 0.193 e. The van der Waals surface area contributed by atoms with Gasteiger partial charge in [0.05, 0.1) is 80.4 Å². The SMILES string of the molecule is C=C1C[C@H](CCC2OCCO2)O[C@H]1CC[C@H]1C[C@H](C)C(=C)[C@@H](C[C@@H]2O[C@H](C[C@H](C)CC)[C@H](C)[C@H]2CC(=O)C[C@H]2CC[C@@H]3O[C@H]([C@H](/C=C/I)O[Si](C)(C)C(C)(C)C)[C@@H](O[Si](C)(C)C(C)(C)C)[C@@H](C)[C@@H]3O2)O1. The van der Waals surface area contributed by atoms with E-state index in [0.29, 0.717) is 37.9 Å². The molecule has 6 saturated heterocycles. The van der Waals surface area contributed by atoms with Gasteiger partial charge in [-0.25, -0.2) is 0 Å². The first-order chi connectivity index (χ1) is 32.7. The summed E-state index contributed by atoms with van der Waals surface area (Å²) >= 11 is 2.32. The average Bonchev–Trinajstić information content (AvgIpc) is 4.00. The number of rotatable bonds is 21. The fraction of sp³-hybridized carbons (Fsp3) is 0.877. The molecule has 6 aliphatic heterocycles. The zero-order valence-corrected chi connectivity index (χ0v) is 50.7. The Bertz CT molecular complexity index is 1750. The Balaban J connectivity index is 1.11. The first-order valence-corrected chi connectivity index (χ1v) is 34.8. The molecule has 0 radical (unpaired) electrons. The zero-order valence-electron chi connectivity index (χ0n) is 46.5. The third kappa shape index (κ3) is 14.8. The Labute approximate surface area is 442 Å². The van der Waals surface area contributed by atoms with Gasteiger partial charge in [0.1, 0.15) is 11.9 Å². The van der Waals surface area contributed by atoms with Crippen molar-refractivity contribution in [1.29, 1.82) is 0 Å². The Morgan fingerprint density at radius 2 is 1.46 bits per heavy atom. The number of hydrogen-bond donors (Lipinski definition) is 0. The van der Waals surface area contributed by atoms with E-state index in [4.69, 9.17) is 42.0 Å². The summed E-state index contributed by atoms with van der Waals surface area (Å²) < 4.78 is 62.8. The van der Waals surface area contributed by atoms with E-state index in [2.05, 4.69) is 148 Å². The van der Waals surface area contributed by atoms with E-state index in [1.807, 2.05) is 0 Å². The molecule has 0 aromatic heterocycles. The average molecular weight is 1130 g/mol. The first kappa shape index (κ1) is 58.9. The van der Waals surface area contributed by atoms with Gasteiger partial charge in [-0.15, -0.1) is 0 Å². The molecular weight excluding hydrogens is 1030 g/mol. The fourth-order valence-corrected chi connectivity index (χ4v) is 14.6. The minimum absolute atomic E-state index is 0.0144. The highest BCUT2D eigenvalue weighted by Crippen LogP contribution is 2.47. The third-order valence-corrected chi connectivity index (χ3v) is 27.9. The van der Waals surface area contributed by atoms with Crippen LogP contribution in [0.4, 0.5) is 0 Å². The quantitative estimate of drug-likeness (QED) is 0.0627. The molecule has 0 N–H and O–H groups in total. The second kappa shape index (κ2) is 24.8. The lowest BCUT2D eigenvalue weighted by molar-refractivity contribution is -0.251. The Kier molecular flexibility index (Phi) is 20.9. The van der Waals surface area contributed by atoms with Crippen LogP contribution < -0.4 is 0 Å². The van der Waals surface area contributed by atoms with E-state index in [1.54, 1.807) is 0 Å². The van der Waals surface area contributed by atoms with Gasteiger partial charge in [0, 0.05) is 31.6 Å². The van der Waals surface area contributed by atoms with Crippen molar-refractivity contribution in [3.05, 3.63) is 34.5 Å². The van der Waals surface area contributed by atoms with Gasteiger partial charge in [-0.2, -0.15) is 0 Å². The molecule has 17 atom stereocenters. The van der Waals surface area contributed by atoms with Crippen molar-refractivity contribution in [3.8, 4) is 0 Å². The number of carbonyl (C=O) groups is 1. The maximum atomic E-state index is 14.5. The van der Waals surface area contributed by atoms with Crippen molar-refractivity contribution < 1.29 is 46.8 Å². The van der Waals surface area contributed by atoms with E-state index in [-0.39, 0.29) is 113 Å². The van der Waals surface area contributed by atoms with Crippen LogP contribution in [0.15, 0.2) is 34.5 Å². The standard InChI is InChI=1S/C57H99IO10Si2/c1-18-35(2)29-49-39(6)45(51(65-49)34-50-38(5)36(3)30-42(63-50)19-22-46-37(4)31-43(62-46)21-24-52-60-27-28-61-52)33-41(59)32-44-20-23-47-53(64-44)40(7)54(68-70(16,17)57(11,12)13)55(66-47)48(25-26-58)67-69(14,15)56(8,9)10/h25-26,35-36,39-40,42-55H,4-5,18-24,27-34H2,1-3,6-17H3/b26-25+/t35-,36+,39-,40+,42+,43+,44-,45-,46+,47+,48+,49-,50-,51+,53+,54+,55-/m1/s1. The molecule has 13 heteroatoms. The molecule has 6 rings (SSSR count). The molecule has 0 saturated carbocycles. The molecule has 402 valence electrons. The van der Waals surface area contributed by atoms with Crippen molar-refractivity contribution in [1.82, 2.24) is 0 Å². The molecule has 6 fully saturated rings. The molecule has 0 aliphatic carbocycles. The van der Waals surface area contributed by atoms with Gasteiger partial charge in [0.15, 0.2) is 22.9 Å². The van der Waals surface area contributed by atoms with E-state index in [0.717, 1.165) is 76.2 Å². The lowest BCUT2D eigenvalue weighted by Gasteiger charge is -2.54. The minimum atomic E-state index is -2.24. The number of ketones is 1. The highest BCUT2D eigenvalue weighted by Gasteiger charge is 2.54. The number of ether oxygens (including phenoxy) is 7. The number of hydrogen-bond acceptors (Lipinski definition) is 10. The zero-order chi connectivity index (χ0) is 51.5. The van der Waals surface area contributed by atoms with Crippen LogP contribution in [0.25, 0.3) is 0 Å². The first-order valence-electron chi connectivity index (χ1n) is 27.7. The third-order valence-electron chi connectivity index (χ3n) is 18.5. The summed E-state index contributed by atoms with van der Waals surface area (Å²) in [7, 11) is -4.41. The van der Waals surface area contributed by atoms with Crippen LogP contribution in [0.2, 0.25) is 36.3 Å². The Morgan fingerprint density at radius 1 is 0.800 bits per heavy atom. The van der Waals surface area contributed by atoms with Crippen molar-refractivity contribution in [3.63, 3.8) is 0 Å². The summed E-state index contributed by atoms with van der Waals surface area (Å²) in [5.74, 6) is 1.54. The van der Waals surface area contributed by atoms with Crippen LogP contribution >= 0.6 is 22.6 Å². The molecular formula is C57H99IO10Si2. The van der Waals surface area contributed by atoms with Crippen molar-refractivity contribution in [2.75, 3.05) is 13.2 Å². The monoisotopic (exact) mass is 1130 g/mol. The van der Waals surface area contributed by atoms with Gasteiger partial charge < -0.3 is 42.0 Å². The molecule has 6 heterocycles. The van der Waals surface area contributed by atoms with Crippen molar-refractivity contribution >= 4 is 45.0 Å². The molecule has 0 spiro atoms. The lowest BCUT2D eigenvalue weighted by atomic mass is 9.78. The second-order valence-electron chi connectivity index (χ2n) is 25.9. The normalized spacial score (nSPS) is 37.1. The van der Waals surface area contributed by atoms with Gasteiger partial charge in [-0.3, -0.25) is 4.79 Å². The second-order valence-corrected chi connectivity index (χ2v) is 36.1. The predicted octanol–water partition coefficient (Wildman–Crippen LogP) is 13.9. The molecule has 0 aromatic carbocycles. The number of fused-ring (bicyclic) bond motifs is 1. The molecule has 0 amide bonds. The smallest absolute Gasteiger partial charge is 0.193 e. The summed E-state index contributed by atoms with van der Waals surface area (Å²) in [5, 5.41) is 0.0579. The van der Waals surface area contributed by atoms with E-state index in [1.165, 1.54) is 5.57 Å². The molecule has 0 bridgehead atoms. The largest absolute Gasteiger partial charge is 0.411 e. The van der Waals surface area contributed by atoms with Gasteiger partial charge in [0.2, 0.25) is 0 Å². The Morgan fingerprint density at radius 3 is 2.10 bits per heavy atom. The van der Waals surface area contributed by atoms with Crippen LogP contribution in [0, 0.1) is 29.6 Å². The fourth-order valence-electron chi connectivity index (χ4n) is 11.5. The summed E-state index contributed by atoms with van der Waals surface area (Å²) in [4.78, 5) is 14.5. The Hall–Kier alpha value is -0.306. The summed E-state index contributed by atoms with van der Waals surface area (Å²) in [6, 6.07) is 0. The molecule has 6 aliphatic rings. The maximum absolute atomic E-state index is 14.5. The predicted molar refractivity (Wildman–Crippen MR) is 295 cm³/mol. The van der Waals surface area contributed by atoms with Crippen molar-refractivity contribution in [2.24, 2.45) is 29.6 Å². The molecule has 70 heavy (non-hydrogen) atoms. The van der Waals surface area contributed by atoms with Crippen LogP contribution in [-0.4, -0.2) is 115 Å². The topological polar surface area (TPSA) is 100 Å². The van der Waals surface area contributed by atoms with Gasteiger partial charge >= 0.3 is 0 Å². The molecule has 0 unspecified atom stereocenters. The van der Waals surface area contributed by atoms with Crippen molar-refractivity contribution in [2.45, 2.75) is 275 Å². The van der Waals surface area contributed by atoms with Crippen LogP contribution in [-0.2, 0) is 46.8 Å². The van der Waals surface area contributed by atoms with Crippen LogP contribution in [0.5, 0.6) is 0 Å². The molecule has 0 aromatic rings. The van der Waals surface area contributed by atoms with E-state index < -0.39 is 16.6 Å². The summed E-state index contributed by atoms with van der Waals surface area (Å²) in [6.07, 6.45) is 11.9. The van der Waals surface area contributed by atoms with Crippen LogP contribution in [0.3, 0.4) is 0 Å². The lowest BCUT2D eigenvalue weighted by Crippen LogP contribution is -2.64. The summed E-state index contributed by atoms with van der Waals surface area (Å²) in [6.45, 7) is 44.9. The van der Waals surface area contributed by atoms with E-state index in [9.17, 15) is 4.79 Å². The molecule has 10 nitrogen and oxygen atoms in total. The van der Waals surface area contributed by atoms with Gasteiger partial charge in [-0.1, -0.05) is 118 Å². The highest BCUT2D eigenvalue weighted by atomic mass is 127. The van der Waals surface area contributed by atoms with Gasteiger partial charge in [-0.05, 0) is 133 Å². The number of carbonyl (C=O) groups excluding carboxylic acids is 1. The van der Waals surface area contributed by atoms with E-state index >= 15 is 0 Å². The minimum Gasteiger partial charge on any atom is -0.411 e. The number of Topliss-reactive ketones (excluding diaryl/α,β-unsaturated/α-hetero) is 1. The van der Waals surface area contributed by atoms with Crippen LogP contribution in [0.1, 0.15) is 160 Å². The number of halogens is 1. The summed E-state index contributed by atoms with van der Waals surface area (Å²) in [5.41, 5.74) is 2.33. The van der Waals surface area contributed by atoms with Gasteiger partial charge in [0.25, 0.3) is 0 Å². The highest BCUT2D eigenvalue weighted by molar-refractivity contribution is 14.1.